The maximum absolute atomic E-state index is 11.8. The normalized spacial score (nSPS) is 17.1. The molecule has 0 unspecified atom stereocenters. The second-order valence-corrected chi connectivity index (χ2v) is 8.32. The molecule has 128 valence electrons. The van der Waals surface area contributed by atoms with Gasteiger partial charge >= 0.3 is 6.09 Å². The number of halogens is 1. The first-order valence-corrected chi connectivity index (χ1v) is 9.28. The first-order chi connectivity index (χ1) is 10.7. The molecule has 0 aliphatic carbocycles. The van der Waals surface area contributed by atoms with E-state index in [-0.39, 0.29) is 12.1 Å². The van der Waals surface area contributed by atoms with Crippen molar-refractivity contribution in [3.8, 4) is 0 Å². The number of carbonyl (C=O) groups is 1. The third-order valence-electron chi connectivity index (χ3n) is 3.97. The number of ether oxygens (including phenoxy) is 1. The van der Waals surface area contributed by atoms with E-state index in [0.29, 0.717) is 0 Å². The topological polar surface area (TPSA) is 41.6 Å². The first kappa shape index (κ1) is 18.5. The first-order valence-electron chi connectivity index (χ1n) is 8.20. The fourth-order valence-electron chi connectivity index (χ4n) is 2.78. The molecule has 0 atom stereocenters. The van der Waals surface area contributed by atoms with Crippen molar-refractivity contribution in [2.45, 2.75) is 58.7 Å². The number of amides is 1. The Hall–Kier alpha value is -0.820. The molecule has 1 aromatic carbocycles. The van der Waals surface area contributed by atoms with Crippen LogP contribution in [0, 0.1) is 10.5 Å². The van der Waals surface area contributed by atoms with Gasteiger partial charge in [-0.1, -0.05) is 18.2 Å². The van der Waals surface area contributed by atoms with Crippen LogP contribution in [0.25, 0.3) is 0 Å². The second kappa shape index (κ2) is 7.83. The smallest absolute Gasteiger partial charge is 0.407 e. The minimum atomic E-state index is -0.438. The zero-order chi connectivity index (χ0) is 17.0. The molecule has 2 rings (SSSR count). The molecule has 5 heteroatoms. The van der Waals surface area contributed by atoms with Crippen LogP contribution in [0.15, 0.2) is 18.2 Å². The minimum absolute atomic E-state index is 0.220. The summed E-state index contributed by atoms with van der Waals surface area (Å²) in [6, 6.07) is 6.71. The highest BCUT2D eigenvalue weighted by Gasteiger charge is 2.23. The van der Waals surface area contributed by atoms with Gasteiger partial charge < -0.3 is 10.1 Å². The molecule has 1 aliphatic heterocycles. The SMILES string of the molecule is Cc1cccc(CN2CCC(NC(=O)OC(C)(C)C)CC2)c1I. The van der Waals surface area contributed by atoms with Gasteiger partial charge in [-0.15, -0.1) is 0 Å². The van der Waals surface area contributed by atoms with Crippen molar-refractivity contribution in [2.24, 2.45) is 0 Å². The molecular formula is C18H27IN2O2. The molecule has 1 N–H and O–H groups in total. The molecule has 0 saturated carbocycles. The molecule has 1 saturated heterocycles. The number of hydrogen-bond acceptors (Lipinski definition) is 3. The van der Waals surface area contributed by atoms with Gasteiger partial charge in [0.15, 0.2) is 0 Å². The van der Waals surface area contributed by atoms with Gasteiger partial charge in [0.25, 0.3) is 0 Å². The molecule has 0 bridgehead atoms. The van der Waals surface area contributed by atoms with Crippen LogP contribution < -0.4 is 5.32 Å². The molecule has 1 amide bonds. The summed E-state index contributed by atoms with van der Waals surface area (Å²) >= 11 is 2.43. The maximum Gasteiger partial charge on any atom is 0.407 e. The van der Waals surface area contributed by atoms with E-state index in [0.717, 1.165) is 32.5 Å². The molecule has 0 radical (unpaired) electrons. The monoisotopic (exact) mass is 430 g/mol. The summed E-state index contributed by atoms with van der Waals surface area (Å²) in [7, 11) is 0. The number of carbonyl (C=O) groups excluding carboxylic acids is 1. The summed E-state index contributed by atoms with van der Waals surface area (Å²) < 4.78 is 6.69. The molecule has 1 heterocycles. The average Bonchev–Trinajstić information content (AvgIpc) is 2.44. The van der Waals surface area contributed by atoms with Crippen molar-refractivity contribution in [1.29, 1.82) is 0 Å². The Kier molecular flexibility index (Phi) is 6.31. The zero-order valence-electron chi connectivity index (χ0n) is 14.5. The lowest BCUT2D eigenvalue weighted by Crippen LogP contribution is -2.45. The number of rotatable bonds is 3. The molecular weight excluding hydrogens is 403 g/mol. The summed E-state index contributed by atoms with van der Waals surface area (Å²) in [6.45, 7) is 10.8. The Bertz CT molecular complexity index is 546. The number of aryl methyl sites for hydroxylation is 1. The number of likely N-dealkylation sites (tertiary alicyclic amines) is 1. The van der Waals surface area contributed by atoms with Crippen molar-refractivity contribution < 1.29 is 9.53 Å². The van der Waals surface area contributed by atoms with E-state index in [9.17, 15) is 4.79 Å². The summed E-state index contributed by atoms with van der Waals surface area (Å²) in [5.74, 6) is 0. The van der Waals surface area contributed by atoms with Gasteiger partial charge in [-0.3, -0.25) is 4.90 Å². The van der Waals surface area contributed by atoms with Gasteiger partial charge in [-0.05, 0) is 74.3 Å². The molecule has 1 aromatic rings. The number of alkyl carbamates (subject to hydrolysis) is 1. The summed E-state index contributed by atoms with van der Waals surface area (Å²) in [5, 5.41) is 2.99. The Morgan fingerprint density at radius 3 is 2.61 bits per heavy atom. The number of hydrogen-bond donors (Lipinski definition) is 1. The van der Waals surface area contributed by atoms with E-state index in [1.807, 2.05) is 20.8 Å². The van der Waals surface area contributed by atoms with Crippen LogP contribution in [0.4, 0.5) is 4.79 Å². The van der Waals surface area contributed by atoms with Crippen LogP contribution in [0.2, 0.25) is 0 Å². The van der Waals surface area contributed by atoms with E-state index >= 15 is 0 Å². The lowest BCUT2D eigenvalue weighted by Gasteiger charge is -2.33. The standard InChI is InChI=1S/C18H27IN2O2/c1-13-6-5-7-14(16(13)19)12-21-10-8-15(9-11-21)20-17(22)23-18(2,3)4/h5-7,15H,8-12H2,1-4H3,(H,20,22). The molecule has 4 nitrogen and oxygen atoms in total. The highest BCUT2D eigenvalue weighted by Crippen LogP contribution is 2.20. The number of nitrogens with one attached hydrogen (secondary N) is 1. The van der Waals surface area contributed by atoms with E-state index in [4.69, 9.17) is 4.74 Å². The number of piperidine rings is 1. The number of benzene rings is 1. The van der Waals surface area contributed by atoms with Crippen LogP contribution in [-0.2, 0) is 11.3 Å². The van der Waals surface area contributed by atoms with Gasteiger partial charge in [-0.25, -0.2) is 4.79 Å². The molecule has 0 aromatic heterocycles. The van der Waals surface area contributed by atoms with E-state index in [1.165, 1.54) is 14.7 Å². The average molecular weight is 430 g/mol. The van der Waals surface area contributed by atoms with Crippen LogP contribution in [-0.4, -0.2) is 35.7 Å². The fourth-order valence-corrected chi connectivity index (χ4v) is 3.31. The lowest BCUT2D eigenvalue weighted by atomic mass is 10.0. The molecule has 0 spiro atoms. The summed E-state index contributed by atoms with van der Waals surface area (Å²) in [5.41, 5.74) is 2.29. The Balaban J connectivity index is 1.80. The van der Waals surface area contributed by atoms with Crippen molar-refractivity contribution in [3.05, 3.63) is 32.9 Å². The molecule has 1 fully saturated rings. The summed E-state index contributed by atoms with van der Waals surface area (Å²) in [4.78, 5) is 14.3. The Labute approximate surface area is 153 Å². The van der Waals surface area contributed by atoms with Gasteiger partial charge in [0.05, 0.1) is 0 Å². The minimum Gasteiger partial charge on any atom is -0.444 e. The highest BCUT2D eigenvalue weighted by atomic mass is 127. The Morgan fingerprint density at radius 1 is 1.35 bits per heavy atom. The largest absolute Gasteiger partial charge is 0.444 e. The van der Waals surface area contributed by atoms with Crippen LogP contribution in [0.3, 0.4) is 0 Å². The second-order valence-electron chi connectivity index (χ2n) is 7.24. The van der Waals surface area contributed by atoms with Crippen molar-refractivity contribution in [3.63, 3.8) is 0 Å². The predicted octanol–water partition coefficient (Wildman–Crippen LogP) is 4.09. The van der Waals surface area contributed by atoms with Crippen LogP contribution in [0.5, 0.6) is 0 Å². The van der Waals surface area contributed by atoms with E-state index in [1.54, 1.807) is 0 Å². The van der Waals surface area contributed by atoms with Crippen LogP contribution >= 0.6 is 22.6 Å². The van der Waals surface area contributed by atoms with Crippen LogP contribution in [0.1, 0.15) is 44.7 Å². The predicted molar refractivity (Wildman–Crippen MR) is 102 cm³/mol. The van der Waals surface area contributed by atoms with E-state index < -0.39 is 5.60 Å². The van der Waals surface area contributed by atoms with Gasteiger partial charge in [0.1, 0.15) is 5.60 Å². The van der Waals surface area contributed by atoms with E-state index in [2.05, 4.69) is 57.9 Å². The maximum atomic E-state index is 11.8. The quantitative estimate of drug-likeness (QED) is 0.735. The Morgan fingerprint density at radius 2 is 2.00 bits per heavy atom. The van der Waals surface area contributed by atoms with Crippen molar-refractivity contribution in [1.82, 2.24) is 10.2 Å². The van der Waals surface area contributed by atoms with Gasteiger partial charge in [-0.2, -0.15) is 0 Å². The summed E-state index contributed by atoms with van der Waals surface area (Å²) in [6.07, 6.45) is 1.65. The molecule has 1 aliphatic rings. The lowest BCUT2D eigenvalue weighted by molar-refractivity contribution is 0.0477. The third-order valence-corrected chi connectivity index (χ3v) is 5.52. The molecule has 23 heavy (non-hydrogen) atoms. The van der Waals surface area contributed by atoms with Crippen molar-refractivity contribution in [2.75, 3.05) is 13.1 Å². The van der Waals surface area contributed by atoms with Gasteiger partial charge in [0, 0.05) is 29.2 Å². The van der Waals surface area contributed by atoms with Crippen molar-refractivity contribution >= 4 is 28.7 Å². The van der Waals surface area contributed by atoms with Gasteiger partial charge in [0.2, 0.25) is 0 Å². The number of nitrogens with zero attached hydrogens (tertiary/aromatic N) is 1. The highest BCUT2D eigenvalue weighted by molar-refractivity contribution is 14.1. The fraction of sp³-hybridized carbons (Fsp3) is 0.611. The third kappa shape index (κ3) is 5.95. The zero-order valence-corrected chi connectivity index (χ0v) is 16.6.